The first-order valence-electron chi connectivity index (χ1n) is 12.8. The Hall–Kier alpha value is -3.69. The number of ether oxygens (including phenoxy) is 2. The summed E-state index contributed by atoms with van der Waals surface area (Å²) >= 11 is 1.17. The molecule has 3 aromatic rings. The van der Waals surface area contributed by atoms with E-state index in [0.29, 0.717) is 35.5 Å². The number of rotatable bonds is 9. The Morgan fingerprint density at radius 2 is 1.76 bits per heavy atom. The van der Waals surface area contributed by atoms with Crippen LogP contribution in [0, 0.1) is 0 Å². The second-order valence-corrected chi connectivity index (χ2v) is 9.88. The largest absolute Gasteiger partial charge is 0.463 e. The third kappa shape index (κ3) is 6.99. The second kappa shape index (κ2) is 13.2. The molecule has 200 valence electrons. The van der Waals surface area contributed by atoms with Gasteiger partial charge in [0.2, 0.25) is 5.91 Å². The van der Waals surface area contributed by atoms with Gasteiger partial charge in [-0.25, -0.2) is 4.79 Å². The molecule has 4 rings (SSSR count). The van der Waals surface area contributed by atoms with E-state index in [-0.39, 0.29) is 24.6 Å². The number of esters is 1. The van der Waals surface area contributed by atoms with Gasteiger partial charge in [0.1, 0.15) is 11.2 Å². The van der Waals surface area contributed by atoms with E-state index in [4.69, 9.17) is 9.47 Å². The Balaban J connectivity index is 1.62. The van der Waals surface area contributed by atoms with Gasteiger partial charge in [-0.1, -0.05) is 42.5 Å². The molecule has 1 fully saturated rings. The van der Waals surface area contributed by atoms with Gasteiger partial charge in [-0.05, 0) is 43.2 Å². The molecule has 1 saturated heterocycles. The number of hydrogen-bond donors (Lipinski definition) is 0. The molecule has 0 atom stereocenters. The van der Waals surface area contributed by atoms with Crippen LogP contribution in [-0.4, -0.2) is 60.8 Å². The van der Waals surface area contributed by atoms with E-state index in [1.165, 1.54) is 27.5 Å². The Morgan fingerprint density at radius 3 is 2.42 bits per heavy atom. The highest BCUT2D eigenvalue weighted by Crippen LogP contribution is 2.18. The number of carbonyl (C=O) groups is 2. The Bertz CT molecular complexity index is 1410. The summed E-state index contributed by atoms with van der Waals surface area (Å²) in [6.07, 6.45) is 3.08. The summed E-state index contributed by atoms with van der Waals surface area (Å²) in [5.41, 5.74) is 2.87. The van der Waals surface area contributed by atoms with E-state index in [0.717, 1.165) is 24.3 Å². The lowest BCUT2D eigenvalue weighted by molar-refractivity contribution is -0.136. The van der Waals surface area contributed by atoms with Crippen molar-refractivity contribution in [3.05, 3.63) is 85.3 Å². The van der Waals surface area contributed by atoms with Gasteiger partial charge in [0, 0.05) is 31.9 Å². The zero-order valence-electron chi connectivity index (χ0n) is 21.8. The van der Waals surface area contributed by atoms with Gasteiger partial charge in [-0.3, -0.25) is 14.2 Å². The summed E-state index contributed by atoms with van der Waals surface area (Å²) < 4.78 is 12.6. The molecule has 0 saturated carbocycles. The van der Waals surface area contributed by atoms with Crippen LogP contribution in [0.25, 0.3) is 12.2 Å². The molecule has 0 bridgehead atoms. The number of morpholine rings is 1. The minimum Gasteiger partial charge on any atom is -0.463 e. The van der Waals surface area contributed by atoms with Gasteiger partial charge < -0.3 is 19.3 Å². The van der Waals surface area contributed by atoms with E-state index in [9.17, 15) is 14.4 Å². The van der Waals surface area contributed by atoms with Crippen LogP contribution in [0.1, 0.15) is 25.0 Å². The maximum absolute atomic E-state index is 13.3. The summed E-state index contributed by atoms with van der Waals surface area (Å²) in [7, 11) is 0. The van der Waals surface area contributed by atoms with Crippen molar-refractivity contribution in [2.24, 2.45) is 0 Å². The fourth-order valence-corrected chi connectivity index (χ4v) is 5.28. The van der Waals surface area contributed by atoms with Crippen molar-refractivity contribution in [3.8, 4) is 0 Å². The number of benzene rings is 2. The van der Waals surface area contributed by atoms with E-state index >= 15 is 0 Å². The monoisotopic (exact) mass is 535 g/mol. The number of anilines is 1. The molecule has 2 heterocycles. The minimum atomic E-state index is -0.546. The van der Waals surface area contributed by atoms with Crippen LogP contribution < -0.4 is 19.7 Å². The molecule has 1 aromatic heterocycles. The molecule has 1 amide bonds. The number of hydrogen-bond acceptors (Lipinski definition) is 7. The predicted octanol–water partition coefficient (Wildman–Crippen LogP) is 1.97. The summed E-state index contributed by atoms with van der Waals surface area (Å²) in [5, 5.41) is 0. The molecule has 0 aliphatic carbocycles. The van der Waals surface area contributed by atoms with Crippen LogP contribution in [0.3, 0.4) is 0 Å². The zero-order valence-corrected chi connectivity index (χ0v) is 22.6. The fraction of sp³-hybridized carbons (Fsp3) is 0.345. The summed E-state index contributed by atoms with van der Waals surface area (Å²) in [4.78, 5) is 42.4. The number of aromatic nitrogens is 1. The molecular formula is C29H33N3O5S. The third-order valence-corrected chi connectivity index (χ3v) is 7.34. The molecule has 0 spiro atoms. The van der Waals surface area contributed by atoms with Gasteiger partial charge in [-0.2, -0.15) is 0 Å². The number of carbonyl (C=O) groups excluding carboxylic acids is 2. The molecule has 38 heavy (non-hydrogen) atoms. The topological polar surface area (TPSA) is 81.1 Å². The Labute approximate surface area is 226 Å². The van der Waals surface area contributed by atoms with Crippen LogP contribution in [0.15, 0.2) is 59.4 Å². The van der Waals surface area contributed by atoms with Gasteiger partial charge >= 0.3 is 5.97 Å². The molecule has 9 heteroatoms. The van der Waals surface area contributed by atoms with Crippen molar-refractivity contribution in [1.82, 2.24) is 9.47 Å². The normalized spacial score (nSPS) is 14.5. The van der Waals surface area contributed by atoms with Crippen molar-refractivity contribution < 1.29 is 19.1 Å². The Kier molecular flexibility index (Phi) is 9.51. The van der Waals surface area contributed by atoms with Gasteiger partial charge in [0.25, 0.3) is 5.56 Å². The van der Waals surface area contributed by atoms with Crippen LogP contribution in [0.4, 0.5) is 5.69 Å². The molecule has 1 aliphatic heterocycles. The van der Waals surface area contributed by atoms with Crippen LogP contribution in [0.2, 0.25) is 0 Å². The lowest BCUT2D eigenvalue weighted by atomic mass is 10.1. The van der Waals surface area contributed by atoms with Crippen molar-refractivity contribution >= 4 is 41.1 Å². The highest BCUT2D eigenvalue weighted by atomic mass is 32.1. The van der Waals surface area contributed by atoms with E-state index in [1.54, 1.807) is 17.9 Å². The highest BCUT2D eigenvalue weighted by Gasteiger charge is 2.19. The van der Waals surface area contributed by atoms with E-state index in [1.807, 2.05) is 42.5 Å². The average Bonchev–Trinajstić information content (AvgIpc) is 3.22. The molecule has 2 aromatic carbocycles. The molecular weight excluding hydrogens is 502 g/mol. The lowest BCUT2D eigenvalue weighted by Crippen LogP contribution is -2.45. The predicted molar refractivity (Wildman–Crippen MR) is 150 cm³/mol. The first-order valence-corrected chi connectivity index (χ1v) is 13.6. The first kappa shape index (κ1) is 27.3. The van der Waals surface area contributed by atoms with Crippen LogP contribution in [0.5, 0.6) is 0 Å². The summed E-state index contributed by atoms with van der Waals surface area (Å²) in [5.74, 6) is -0.726. The molecule has 0 radical (unpaired) electrons. The summed E-state index contributed by atoms with van der Waals surface area (Å²) in [6.45, 7) is 7.51. The van der Waals surface area contributed by atoms with Crippen molar-refractivity contribution in [2.75, 3.05) is 44.4 Å². The molecule has 0 N–H and O–H groups in total. The maximum Gasteiger partial charge on any atom is 0.333 e. The van der Waals surface area contributed by atoms with Crippen LogP contribution >= 0.6 is 11.3 Å². The van der Waals surface area contributed by atoms with Gasteiger partial charge in [0.05, 0.1) is 30.4 Å². The van der Waals surface area contributed by atoms with Crippen molar-refractivity contribution in [2.45, 2.75) is 26.9 Å². The molecule has 1 aliphatic rings. The van der Waals surface area contributed by atoms with Crippen LogP contribution in [-0.2, 0) is 32.2 Å². The minimum absolute atomic E-state index is 0.141. The summed E-state index contributed by atoms with van der Waals surface area (Å²) in [6, 6.07) is 18.3. The third-order valence-electron chi connectivity index (χ3n) is 6.28. The zero-order chi connectivity index (χ0) is 26.9. The maximum atomic E-state index is 13.3. The molecule has 8 nitrogen and oxygen atoms in total. The van der Waals surface area contributed by atoms with Gasteiger partial charge in [-0.15, -0.1) is 11.3 Å². The SMILES string of the molecule is CCOC(=O)/C=c1/s/c(=C/c2ccc(N(CC)Cc3ccccc3)cc2)c(=O)n1CC(=O)N1CCOCC1. The number of thiazole rings is 1. The smallest absolute Gasteiger partial charge is 0.333 e. The Morgan fingerprint density at radius 1 is 1.05 bits per heavy atom. The standard InChI is InChI=1S/C29H33N3O5S/c1-3-30(20-23-8-6-5-7-9-23)24-12-10-22(11-13-24)18-25-29(35)32(27(38-25)19-28(34)37-4-2)21-26(33)31-14-16-36-17-15-31/h5-13,18-19H,3-4,14-17,20-21H2,1-2H3/b25-18+,27-19+. The van der Waals surface area contributed by atoms with E-state index in [2.05, 4.69) is 24.0 Å². The molecule has 0 unspecified atom stereocenters. The van der Waals surface area contributed by atoms with Gasteiger partial charge in [0.15, 0.2) is 0 Å². The number of nitrogens with zero attached hydrogens (tertiary/aromatic N) is 3. The highest BCUT2D eigenvalue weighted by molar-refractivity contribution is 7.07. The van der Waals surface area contributed by atoms with Crippen molar-refractivity contribution in [1.29, 1.82) is 0 Å². The average molecular weight is 536 g/mol. The number of amides is 1. The first-order chi connectivity index (χ1) is 18.5. The lowest BCUT2D eigenvalue weighted by Gasteiger charge is -2.26. The second-order valence-electron chi connectivity index (χ2n) is 8.82. The van der Waals surface area contributed by atoms with E-state index < -0.39 is 5.97 Å². The van der Waals surface area contributed by atoms with Crippen molar-refractivity contribution in [3.63, 3.8) is 0 Å². The fourth-order valence-electron chi connectivity index (χ4n) is 4.25. The quantitative estimate of drug-likeness (QED) is 0.390.